The lowest BCUT2D eigenvalue weighted by Gasteiger charge is -2.37. The molecule has 0 spiro atoms. The molecule has 0 aromatic carbocycles. The van der Waals surface area contributed by atoms with E-state index in [-0.39, 0.29) is 0 Å². The molecule has 1 aromatic heterocycles. The van der Waals surface area contributed by atoms with E-state index in [1.54, 1.807) is 0 Å². The molecule has 1 heterocycles. The molecule has 0 saturated heterocycles. The zero-order valence-corrected chi connectivity index (χ0v) is 14.3. The zero-order chi connectivity index (χ0) is 15.3. The van der Waals surface area contributed by atoms with Crippen LogP contribution in [0.15, 0.2) is 6.20 Å². The Bertz CT molecular complexity index is 408. The summed E-state index contributed by atoms with van der Waals surface area (Å²) in [6.45, 7) is 11.6. The molecule has 0 unspecified atom stereocenters. The number of aromatic amines is 1. The largest absolute Gasteiger partial charge is 0.316 e. The third-order valence-electron chi connectivity index (χ3n) is 5.24. The Morgan fingerprint density at radius 2 is 1.95 bits per heavy atom. The van der Waals surface area contributed by atoms with Crippen molar-refractivity contribution >= 4 is 0 Å². The minimum absolute atomic E-state index is 0.501. The first kappa shape index (κ1) is 16.5. The van der Waals surface area contributed by atoms with Crippen LogP contribution in [-0.4, -0.2) is 23.3 Å². The van der Waals surface area contributed by atoms with Gasteiger partial charge >= 0.3 is 0 Å². The number of rotatable bonds is 6. The third kappa shape index (κ3) is 5.14. The van der Waals surface area contributed by atoms with Gasteiger partial charge in [-0.1, -0.05) is 20.8 Å². The Labute approximate surface area is 130 Å². The highest BCUT2D eigenvalue weighted by atomic mass is 15.1. The molecule has 0 amide bonds. The predicted octanol–water partition coefficient (Wildman–Crippen LogP) is 4.09. The summed E-state index contributed by atoms with van der Waals surface area (Å²) in [5, 5.41) is 10.7. The van der Waals surface area contributed by atoms with E-state index < -0.39 is 0 Å². The lowest BCUT2D eigenvalue weighted by Crippen LogP contribution is -2.31. The molecule has 21 heavy (non-hydrogen) atoms. The first-order valence-corrected chi connectivity index (χ1v) is 8.66. The number of H-pyrrole nitrogens is 1. The molecule has 1 aromatic rings. The molecule has 1 saturated carbocycles. The van der Waals surface area contributed by atoms with Crippen LogP contribution >= 0.6 is 0 Å². The molecular formula is C18H33N3. The molecule has 120 valence electrons. The molecule has 0 atom stereocenters. The SMILES string of the molecule is Cc1[nH]ncc1CCCNCC1CCC(C(C)(C)C)CC1. The second-order valence-electron chi connectivity index (χ2n) is 7.91. The highest BCUT2D eigenvalue weighted by Crippen LogP contribution is 2.39. The van der Waals surface area contributed by atoms with Gasteiger partial charge in [0.05, 0.1) is 6.20 Å². The van der Waals surface area contributed by atoms with Gasteiger partial charge in [-0.05, 0) is 81.4 Å². The summed E-state index contributed by atoms with van der Waals surface area (Å²) in [5.74, 6) is 1.83. The third-order valence-corrected chi connectivity index (χ3v) is 5.24. The van der Waals surface area contributed by atoms with Crippen molar-refractivity contribution in [3.63, 3.8) is 0 Å². The van der Waals surface area contributed by atoms with Crippen molar-refractivity contribution in [2.24, 2.45) is 17.3 Å². The van der Waals surface area contributed by atoms with Gasteiger partial charge in [-0.25, -0.2) is 0 Å². The van der Waals surface area contributed by atoms with Crippen LogP contribution in [0.25, 0.3) is 0 Å². The van der Waals surface area contributed by atoms with Gasteiger partial charge in [-0.15, -0.1) is 0 Å². The number of nitrogens with zero attached hydrogens (tertiary/aromatic N) is 1. The van der Waals surface area contributed by atoms with Crippen LogP contribution in [0.2, 0.25) is 0 Å². The van der Waals surface area contributed by atoms with Crippen molar-refractivity contribution in [3.8, 4) is 0 Å². The van der Waals surface area contributed by atoms with Crippen molar-refractivity contribution in [2.75, 3.05) is 13.1 Å². The van der Waals surface area contributed by atoms with Crippen LogP contribution in [0, 0.1) is 24.2 Å². The fourth-order valence-electron chi connectivity index (χ4n) is 3.57. The molecule has 2 N–H and O–H groups in total. The maximum atomic E-state index is 4.08. The molecule has 0 bridgehead atoms. The van der Waals surface area contributed by atoms with Crippen molar-refractivity contribution in [2.45, 2.75) is 66.2 Å². The normalized spacial score (nSPS) is 23.4. The van der Waals surface area contributed by atoms with Crippen LogP contribution < -0.4 is 5.32 Å². The highest BCUT2D eigenvalue weighted by molar-refractivity contribution is 5.14. The fraction of sp³-hybridized carbons (Fsp3) is 0.833. The van der Waals surface area contributed by atoms with E-state index in [9.17, 15) is 0 Å². The average Bonchev–Trinajstić information content (AvgIpc) is 2.84. The lowest BCUT2D eigenvalue weighted by atomic mass is 9.70. The van der Waals surface area contributed by atoms with E-state index in [4.69, 9.17) is 0 Å². The molecule has 0 radical (unpaired) electrons. The second kappa shape index (κ2) is 7.44. The van der Waals surface area contributed by atoms with Crippen LogP contribution in [0.1, 0.15) is 64.1 Å². The van der Waals surface area contributed by atoms with E-state index in [0.29, 0.717) is 5.41 Å². The maximum absolute atomic E-state index is 4.08. The Morgan fingerprint density at radius 3 is 2.52 bits per heavy atom. The molecule has 1 fully saturated rings. The van der Waals surface area contributed by atoms with Crippen molar-refractivity contribution in [1.29, 1.82) is 0 Å². The number of hydrogen-bond acceptors (Lipinski definition) is 2. The number of aromatic nitrogens is 2. The monoisotopic (exact) mass is 291 g/mol. The van der Waals surface area contributed by atoms with Gasteiger partial charge in [-0.2, -0.15) is 5.10 Å². The van der Waals surface area contributed by atoms with Gasteiger partial charge in [0, 0.05) is 5.69 Å². The van der Waals surface area contributed by atoms with Gasteiger partial charge in [-0.3, -0.25) is 5.10 Å². The molecule has 1 aliphatic carbocycles. The molecule has 3 heteroatoms. The van der Waals surface area contributed by atoms with E-state index in [1.807, 2.05) is 6.20 Å². The topological polar surface area (TPSA) is 40.7 Å². The summed E-state index contributed by atoms with van der Waals surface area (Å²) < 4.78 is 0. The van der Waals surface area contributed by atoms with E-state index in [0.717, 1.165) is 24.8 Å². The number of hydrogen-bond donors (Lipinski definition) is 2. The van der Waals surface area contributed by atoms with Gasteiger partial charge in [0.1, 0.15) is 0 Å². The Morgan fingerprint density at radius 1 is 1.24 bits per heavy atom. The highest BCUT2D eigenvalue weighted by Gasteiger charge is 2.29. The Kier molecular flexibility index (Phi) is 5.86. The Balaban J connectivity index is 1.55. The molecule has 3 nitrogen and oxygen atoms in total. The summed E-state index contributed by atoms with van der Waals surface area (Å²) in [7, 11) is 0. The standard InChI is InChI=1S/C18H33N3/c1-14-16(13-20-21-14)6-5-11-19-12-15-7-9-17(10-8-15)18(2,3)4/h13,15,17,19H,5-12H2,1-4H3,(H,20,21). The van der Waals surface area contributed by atoms with Crippen molar-refractivity contribution in [3.05, 3.63) is 17.5 Å². The smallest absolute Gasteiger partial charge is 0.0522 e. The minimum atomic E-state index is 0.501. The first-order chi connectivity index (χ1) is 9.97. The van der Waals surface area contributed by atoms with Crippen LogP contribution in [0.5, 0.6) is 0 Å². The van der Waals surface area contributed by atoms with Crippen LogP contribution in [0.4, 0.5) is 0 Å². The molecule has 0 aliphatic heterocycles. The predicted molar refractivity (Wildman–Crippen MR) is 89.4 cm³/mol. The summed E-state index contributed by atoms with van der Waals surface area (Å²) in [4.78, 5) is 0. The number of nitrogens with one attached hydrogen (secondary N) is 2. The summed E-state index contributed by atoms with van der Waals surface area (Å²) >= 11 is 0. The van der Waals surface area contributed by atoms with Crippen molar-refractivity contribution < 1.29 is 0 Å². The average molecular weight is 291 g/mol. The molecule has 1 aliphatic rings. The second-order valence-corrected chi connectivity index (χ2v) is 7.91. The molecule has 2 rings (SSSR count). The number of aryl methyl sites for hydroxylation is 2. The molecular weight excluding hydrogens is 258 g/mol. The van der Waals surface area contributed by atoms with Crippen LogP contribution in [-0.2, 0) is 6.42 Å². The first-order valence-electron chi connectivity index (χ1n) is 8.66. The van der Waals surface area contributed by atoms with E-state index >= 15 is 0 Å². The summed E-state index contributed by atoms with van der Waals surface area (Å²) in [6, 6.07) is 0. The quantitative estimate of drug-likeness (QED) is 0.775. The summed E-state index contributed by atoms with van der Waals surface area (Å²) in [5.41, 5.74) is 3.08. The van der Waals surface area contributed by atoms with E-state index in [1.165, 1.54) is 49.9 Å². The maximum Gasteiger partial charge on any atom is 0.0522 e. The lowest BCUT2D eigenvalue weighted by molar-refractivity contribution is 0.149. The van der Waals surface area contributed by atoms with Gasteiger partial charge < -0.3 is 5.32 Å². The fourth-order valence-corrected chi connectivity index (χ4v) is 3.57. The van der Waals surface area contributed by atoms with Gasteiger partial charge in [0.2, 0.25) is 0 Å². The van der Waals surface area contributed by atoms with E-state index in [2.05, 4.69) is 43.2 Å². The van der Waals surface area contributed by atoms with Gasteiger partial charge in [0.15, 0.2) is 0 Å². The zero-order valence-electron chi connectivity index (χ0n) is 14.3. The van der Waals surface area contributed by atoms with Gasteiger partial charge in [0.25, 0.3) is 0 Å². The minimum Gasteiger partial charge on any atom is -0.316 e. The Hall–Kier alpha value is -0.830. The van der Waals surface area contributed by atoms with Crippen molar-refractivity contribution in [1.82, 2.24) is 15.5 Å². The summed E-state index contributed by atoms with van der Waals surface area (Å²) in [6.07, 6.45) is 9.96. The van der Waals surface area contributed by atoms with Crippen LogP contribution in [0.3, 0.4) is 0 Å².